The zero-order valence-corrected chi connectivity index (χ0v) is 17.8. The Hall–Kier alpha value is -2.35. The van der Waals surface area contributed by atoms with Gasteiger partial charge in [0.1, 0.15) is 11.2 Å². The van der Waals surface area contributed by atoms with Gasteiger partial charge >= 0.3 is 18.0 Å². The fraction of sp³-hybridized carbons (Fsp3) is 0.667. The normalized spacial score (nSPS) is 15.7. The Morgan fingerprint density at radius 1 is 1.10 bits per heavy atom. The molecule has 3 N–H and O–H groups in total. The molecular formula is C21H34N2O6. The number of unbranched alkanes of at least 4 members (excludes halogenated alkanes) is 1. The maximum atomic E-state index is 12.3. The van der Waals surface area contributed by atoms with Crippen LogP contribution >= 0.6 is 0 Å². The van der Waals surface area contributed by atoms with E-state index in [-0.39, 0.29) is 12.8 Å². The molecule has 0 aromatic heterocycles. The summed E-state index contributed by atoms with van der Waals surface area (Å²) >= 11 is 0. The minimum atomic E-state index is -0.800. The van der Waals surface area contributed by atoms with Crippen molar-refractivity contribution in [3.8, 4) is 0 Å². The van der Waals surface area contributed by atoms with Gasteiger partial charge in [0.25, 0.3) is 0 Å². The fourth-order valence-corrected chi connectivity index (χ4v) is 2.75. The highest BCUT2D eigenvalue weighted by molar-refractivity contribution is 5.73. The van der Waals surface area contributed by atoms with Gasteiger partial charge in [0.15, 0.2) is 0 Å². The topological polar surface area (TPSA) is 114 Å². The lowest BCUT2D eigenvalue weighted by Gasteiger charge is -2.25. The van der Waals surface area contributed by atoms with Crippen molar-refractivity contribution in [3.05, 3.63) is 24.3 Å². The quantitative estimate of drug-likeness (QED) is 0.335. The minimum absolute atomic E-state index is 0.0372. The van der Waals surface area contributed by atoms with Crippen LogP contribution in [-0.2, 0) is 19.1 Å². The van der Waals surface area contributed by atoms with Crippen LogP contribution in [0.2, 0.25) is 0 Å². The number of carboxylic acid groups (broad SMARTS) is 1. The van der Waals surface area contributed by atoms with Crippen molar-refractivity contribution in [2.24, 2.45) is 0 Å². The number of allylic oxidation sites excluding steroid dienone is 2. The molecule has 1 rings (SSSR count). The number of aliphatic carboxylic acids is 1. The Labute approximate surface area is 172 Å². The molecule has 1 aliphatic carbocycles. The summed E-state index contributed by atoms with van der Waals surface area (Å²) in [5.41, 5.74) is -1.39. The predicted octanol–water partition coefficient (Wildman–Crippen LogP) is 2.93. The molecule has 29 heavy (non-hydrogen) atoms. The summed E-state index contributed by atoms with van der Waals surface area (Å²) in [6.45, 7) is 8.39. The Bertz CT molecular complexity index is 609. The molecule has 164 valence electrons. The number of rotatable bonds is 12. The third-order valence-corrected chi connectivity index (χ3v) is 4.10. The molecule has 0 bridgehead atoms. The monoisotopic (exact) mass is 410 g/mol. The molecule has 0 heterocycles. The molecule has 0 aliphatic heterocycles. The van der Waals surface area contributed by atoms with Crippen LogP contribution in [0.1, 0.15) is 59.8 Å². The molecule has 0 spiro atoms. The van der Waals surface area contributed by atoms with Crippen LogP contribution in [-0.4, -0.2) is 53.5 Å². The van der Waals surface area contributed by atoms with E-state index in [1.54, 1.807) is 52.0 Å². The second-order valence-corrected chi connectivity index (χ2v) is 8.31. The average Bonchev–Trinajstić information content (AvgIpc) is 2.97. The maximum Gasteiger partial charge on any atom is 0.408 e. The van der Waals surface area contributed by atoms with Crippen LogP contribution in [0.3, 0.4) is 0 Å². The van der Waals surface area contributed by atoms with Gasteiger partial charge < -0.3 is 25.2 Å². The highest BCUT2D eigenvalue weighted by Gasteiger charge is 2.27. The van der Waals surface area contributed by atoms with Gasteiger partial charge in [-0.2, -0.15) is 0 Å². The van der Waals surface area contributed by atoms with Crippen molar-refractivity contribution in [3.63, 3.8) is 0 Å². The second-order valence-electron chi connectivity index (χ2n) is 8.31. The highest BCUT2D eigenvalue weighted by atomic mass is 16.6. The molecule has 1 amide bonds. The number of carbonyl (C=O) groups is 3. The number of hydrogen-bond donors (Lipinski definition) is 3. The van der Waals surface area contributed by atoms with Crippen molar-refractivity contribution in [1.29, 1.82) is 0 Å². The number of ether oxygens (including phenoxy) is 2. The molecule has 0 fully saturated rings. The van der Waals surface area contributed by atoms with Crippen molar-refractivity contribution < 1.29 is 29.0 Å². The standard InChI is InChI=1S/C21H34N2O6/c1-20(2,3)28-18(26)15-16(10-14-22-13-8-5-9-17(24)25)23-19(27)29-21(4)11-6-7-12-21/h6-7,11-12,16,22H,5,8-10,13-15H2,1-4H3,(H,23,27)(H,24,25)/t16-/m0/s1. The number of nitrogens with one attached hydrogen (secondary N) is 2. The zero-order chi connectivity index (χ0) is 21.9. The van der Waals surface area contributed by atoms with E-state index < -0.39 is 35.3 Å². The zero-order valence-electron chi connectivity index (χ0n) is 17.8. The minimum Gasteiger partial charge on any atom is -0.481 e. The van der Waals surface area contributed by atoms with Crippen LogP contribution in [0.5, 0.6) is 0 Å². The van der Waals surface area contributed by atoms with Gasteiger partial charge in [0, 0.05) is 12.5 Å². The van der Waals surface area contributed by atoms with Crippen LogP contribution < -0.4 is 10.6 Å². The largest absolute Gasteiger partial charge is 0.481 e. The third-order valence-electron chi connectivity index (χ3n) is 4.10. The van der Waals surface area contributed by atoms with Crippen molar-refractivity contribution in [2.75, 3.05) is 13.1 Å². The first-order chi connectivity index (χ1) is 13.5. The summed E-state index contributed by atoms with van der Waals surface area (Å²) in [5, 5.41) is 14.6. The number of alkyl carbamates (subject to hydrolysis) is 1. The molecule has 0 aromatic carbocycles. The number of esters is 1. The van der Waals surface area contributed by atoms with Crippen LogP contribution in [0.15, 0.2) is 24.3 Å². The summed E-state index contributed by atoms with van der Waals surface area (Å²) in [4.78, 5) is 35.0. The molecular weight excluding hydrogens is 376 g/mol. The average molecular weight is 411 g/mol. The van der Waals surface area contributed by atoms with Crippen molar-refractivity contribution >= 4 is 18.0 Å². The fourth-order valence-electron chi connectivity index (χ4n) is 2.75. The van der Waals surface area contributed by atoms with E-state index in [4.69, 9.17) is 14.6 Å². The maximum absolute atomic E-state index is 12.3. The van der Waals surface area contributed by atoms with Crippen LogP contribution in [0.25, 0.3) is 0 Å². The van der Waals surface area contributed by atoms with Gasteiger partial charge in [-0.05, 0) is 72.2 Å². The summed E-state index contributed by atoms with van der Waals surface area (Å²) in [5.74, 6) is -1.19. The molecule has 0 aromatic rings. The lowest BCUT2D eigenvalue weighted by Crippen LogP contribution is -2.42. The third kappa shape index (κ3) is 11.9. The SMILES string of the molecule is CC(C)(C)OC(=O)C[C@H](CCNCCCCC(=O)O)NC(=O)OC1(C)C=CC=C1. The molecule has 0 unspecified atom stereocenters. The van der Waals surface area contributed by atoms with E-state index >= 15 is 0 Å². The lowest BCUT2D eigenvalue weighted by molar-refractivity contribution is -0.155. The Morgan fingerprint density at radius 3 is 2.34 bits per heavy atom. The summed E-state index contributed by atoms with van der Waals surface area (Å²) in [7, 11) is 0. The molecule has 0 saturated carbocycles. The number of carboxylic acids is 1. The van der Waals surface area contributed by atoms with Crippen molar-refractivity contribution in [2.45, 2.75) is 77.0 Å². The first-order valence-corrected chi connectivity index (χ1v) is 10.00. The molecule has 1 atom stereocenters. The van der Waals surface area contributed by atoms with E-state index in [0.29, 0.717) is 25.9 Å². The van der Waals surface area contributed by atoms with E-state index in [1.165, 1.54) is 0 Å². The first-order valence-electron chi connectivity index (χ1n) is 10.00. The second kappa shape index (κ2) is 11.6. The highest BCUT2D eigenvalue weighted by Crippen LogP contribution is 2.20. The van der Waals surface area contributed by atoms with Gasteiger partial charge in [0.2, 0.25) is 0 Å². The molecule has 0 saturated heterocycles. The van der Waals surface area contributed by atoms with Gasteiger partial charge in [0.05, 0.1) is 6.42 Å². The Balaban J connectivity index is 2.48. The van der Waals surface area contributed by atoms with Crippen LogP contribution in [0, 0.1) is 0 Å². The molecule has 8 heteroatoms. The number of amides is 1. The Kier molecular flexibility index (Phi) is 9.88. The van der Waals surface area contributed by atoms with Gasteiger partial charge in [-0.15, -0.1) is 0 Å². The lowest BCUT2D eigenvalue weighted by atomic mass is 10.1. The smallest absolute Gasteiger partial charge is 0.408 e. The van der Waals surface area contributed by atoms with Crippen LogP contribution in [0.4, 0.5) is 4.79 Å². The summed E-state index contributed by atoms with van der Waals surface area (Å²) in [6.07, 6.45) is 8.60. The molecule has 1 aliphatic rings. The van der Waals surface area contributed by atoms with E-state index in [0.717, 1.165) is 6.42 Å². The summed E-state index contributed by atoms with van der Waals surface area (Å²) < 4.78 is 10.8. The summed E-state index contributed by atoms with van der Waals surface area (Å²) in [6, 6.07) is -0.443. The molecule has 0 radical (unpaired) electrons. The van der Waals surface area contributed by atoms with E-state index in [2.05, 4.69) is 10.6 Å². The number of hydrogen-bond acceptors (Lipinski definition) is 6. The van der Waals surface area contributed by atoms with E-state index in [1.807, 2.05) is 0 Å². The van der Waals surface area contributed by atoms with Gasteiger partial charge in [-0.1, -0.05) is 12.2 Å². The first kappa shape index (κ1) is 24.7. The van der Waals surface area contributed by atoms with Crippen molar-refractivity contribution in [1.82, 2.24) is 10.6 Å². The molecule has 8 nitrogen and oxygen atoms in total. The number of carbonyl (C=O) groups excluding carboxylic acids is 2. The Morgan fingerprint density at radius 2 is 1.76 bits per heavy atom. The predicted molar refractivity (Wildman–Crippen MR) is 110 cm³/mol. The van der Waals surface area contributed by atoms with E-state index in [9.17, 15) is 14.4 Å². The van der Waals surface area contributed by atoms with Gasteiger partial charge in [-0.25, -0.2) is 4.79 Å². The van der Waals surface area contributed by atoms with Gasteiger partial charge in [-0.3, -0.25) is 9.59 Å².